The summed E-state index contributed by atoms with van der Waals surface area (Å²) in [4.78, 5) is 12.4. The van der Waals surface area contributed by atoms with E-state index in [9.17, 15) is 13.2 Å². The van der Waals surface area contributed by atoms with Crippen LogP contribution in [0, 0.1) is 6.92 Å². The number of hydrogen-bond donors (Lipinski definition) is 2. The summed E-state index contributed by atoms with van der Waals surface area (Å²) < 4.78 is 37.1. The first-order chi connectivity index (χ1) is 13.9. The molecular weight excluding hydrogens is 394 g/mol. The Bertz CT molecular complexity index is 955. The highest BCUT2D eigenvalue weighted by Gasteiger charge is 2.26. The van der Waals surface area contributed by atoms with Crippen LogP contribution in [0.4, 0.5) is 11.4 Å². The molecule has 2 aromatic carbocycles. The van der Waals surface area contributed by atoms with Crippen molar-refractivity contribution in [3.8, 4) is 5.75 Å². The van der Waals surface area contributed by atoms with Crippen molar-refractivity contribution in [2.24, 2.45) is 0 Å². The molecule has 1 fully saturated rings. The summed E-state index contributed by atoms with van der Waals surface area (Å²) in [5, 5.41) is 5.80. The van der Waals surface area contributed by atoms with Crippen LogP contribution < -0.4 is 15.4 Å². The number of nitrogens with one attached hydrogen (secondary N) is 2. The molecule has 0 radical (unpaired) electrons. The molecule has 29 heavy (non-hydrogen) atoms. The maximum absolute atomic E-state index is 12.6. The van der Waals surface area contributed by atoms with Crippen LogP contribution in [-0.2, 0) is 19.6 Å². The summed E-state index contributed by atoms with van der Waals surface area (Å²) >= 11 is 0. The zero-order chi connectivity index (χ0) is 20.9. The number of rotatable bonds is 7. The molecular formula is C20H25N3O5S. The standard InChI is InChI=1S/C20H25N3O5S/c1-15-3-8-19(27-2)18(13-15)21-14-20(24)22-16-4-6-17(7-5-16)29(25,26)23-9-11-28-12-10-23/h3-8,13,21H,9-12,14H2,1-2H3,(H,22,24). The number of methoxy groups -OCH3 is 1. The molecule has 9 heteroatoms. The van der Waals surface area contributed by atoms with Crippen LogP contribution in [-0.4, -0.2) is 58.6 Å². The molecule has 1 saturated heterocycles. The second-order valence-corrected chi connectivity index (χ2v) is 8.58. The van der Waals surface area contributed by atoms with Crippen molar-refractivity contribution in [3.63, 3.8) is 0 Å². The van der Waals surface area contributed by atoms with Crippen LogP contribution in [0.5, 0.6) is 5.75 Å². The smallest absolute Gasteiger partial charge is 0.243 e. The van der Waals surface area contributed by atoms with E-state index in [1.165, 1.54) is 16.4 Å². The minimum atomic E-state index is -3.55. The molecule has 2 N–H and O–H groups in total. The molecule has 0 unspecified atom stereocenters. The summed E-state index contributed by atoms with van der Waals surface area (Å²) in [7, 11) is -1.98. The highest BCUT2D eigenvalue weighted by Crippen LogP contribution is 2.25. The molecule has 0 aromatic heterocycles. The van der Waals surface area contributed by atoms with Crippen molar-refractivity contribution in [1.82, 2.24) is 4.31 Å². The molecule has 0 saturated carbocycles. The number of ether oxygens (including phenoxy) is 2. The van der Waals surface area contributed by atoms with Crippen molar-refractivity contribution in [1.29, 1.82) is 0 Å². The topological polar surface area (TPSA) is 97.0 Å². The summed E-state index contributed by atoms with van der Waals surface area (Å²) in [6.07, 6.45) is 0. The maximum atomic E-state index is 12.6. The van der Waals surface area contributed by atoms with Gasteiger partial charge in [0, 0.05) is 18.8 Å². The van der Waals surface area contributed by atoms with Gasteiger partial charge in [-0.1, -0.05) is 6.07 Å². The van der Waals surface area contributed by atoms with Gasteiger partial charge in [0.15, 0.2) is 0 Å². The zero-order valence-corrected chi connectivity index (χ0v) is 17.3. The lowest BCUT2D eigenvalue weighted by Gasteiger charge is -2.26. The Labute approximate surface area is 170 Å². The molecule has 156 valence electrons. The third-order valence-corrected chi connectivity index (χ3v) is 6.45. The number of aryl methyl sites for hydroxylation is 1. The lowest BCUT2D eigenvalue weighted by molar-refractivity contribution is -0.114. The van der Waals surface area contributed by atoms with E-state index in [0.717, 1.165) is 11.3 Å². The molecule has 3 rings (SSSR count). The van der Waals surface area contributed by atoms with Crippen molar-refractivity contribution in [2.75, 3.05) is 50.6 Å². The number of carbonyl (C=O) groups is 1. The Morgan fingerprint density at radius 2 is 1.83 bits per heavy atom. The monoisotopic (exact) mass is 419 g/mol. The van der Waals surface area contributed by atoms with Gasteiger partial charge in [0.2, 0.25) is 15.9 Å². The third-order valence-electron chi connectivity index (χ3n) is 4.54. The van der Waals surface area contributed by atoms with Crippen molar-refractivity contribution in [2.45, 2.75) is 11.8 Å². The largest absolute Gasteiger partial charge is 0.495 e. The predicted molar refractivity (Wildman–Crippen MR) is 111 cm³/mol. The molecule has 2 aromatic rings. The van der Waals surface area contributed by atoms with Crippen LogP contribution in [0.15, 0.2) is 47.4 Å². The van der Waals surface area contributed by atoms with E-state index in [2.05, 4.69) is 10.6 Å². The molecule has 8 nitrogen and oxygen atoms in total. The van der Waals surface area contributed by atoms with Crippen LogP contribution in [0.3, 0.4) is 0 Å². The van der Waals surface area contributed by atoms with Gasteiger partial charge in [0.1, 0.15) is 5.75 Å². The van der Waals surface area contributed by atoms with E-state index < -0.39 is 10.0 Å². The van der Waals surface area contributed by atoms with E-state index in [1.807, 2.05) is 25.1 Å². The van der Waals surface area contributed by atoms with Gasteiger partial charge >= 0.3 is 0 Å². The Balaban J connectivity index is 1.59. The van der Waals surface area contributed by atoms with Crippen LogP contribution in [0.2, 0.25) is 0 Å². The Kier molecular flexibility index (Phi) is 6.73. The van der Waals surface area contributed by atoms with Crippen LogP contribution >= 0.6 is 0 Å². The van der Waals surface area contributed by atoms with Crippen molar-refractivity contribution < 1.29 is 22.7 Å². The lowest BCUT2D eigenvalue weighted by atomic mass is 10.2. The molecule has 0 spiro atoms. The van der Waals surface area contributed by atoms with Crippen LogP contribution in [0.25, 0.3) is 0 Å². The van der Waals surface area contributed by atoms with E-state index in [0.29, 0.717) is 37.7 Å². The first-order valence-corrected chi connectivity index (χ1v) is 10.7. The second kappa shape index (κ2) is 9.25. The van der Waals surface area contributed by atoms with E-state index in [4.69, 9.17) is 9.47 Å². The molecule has 0 bridgehead atoms. The first kappa shape index (κ1) is 21.1. The molecule has 1 heterocycles. The molecule has 0 aliphatic carbocycles. The number of hydrogen-bond acceptors (Lipinski definition) is 6. The molecule has 1 aliphatic heterocycles. The van der Waals surface area contributed by atoms with Gasteiger partial charge in [-0.15, -0.1) is 0 Å². The number of benzene rings is 2. The summed E-state index contributed by atoms with van der Waals surface area (Å²) in [5.74, 6) is 0.401. The highest BCUT2D eigenvalue weighted by atomic mass is 32.2. The third kappa shape index (κ3) is 5.26. The summed E-state index contributed by atoms with van der Waals surface area (Å²) in [6, 6.07) is 11.8. The predicted octanol–water partition coefficient (Wildman–Crippen LogP) is 2.08. The summed E-state index contributed by atoms with van der Waals surface area (Å²) in [5.41, 5.74) is 2.30. The SMILES string of the molecule is COc1ccc(C)cc1NCC(=O)Nc1ccc(S(=O)(=O)N2CCOCC2)cc1. The maximum Gasteiger partial charge on any atom is 0.243 e. The van der Waals surface area contributed by atoms with Gasteiger partial charge in [-0.3, -0.25) is 4.79 Å². The summed E-state index contributed by atoms with van der Waals surface area (Å²) in [6.45, 7) is 3.48. The number of anilines is 2. The van der Waals surface area contributed by atoms with E-state index in [-0.39, 0.29) is 17.3 Å². The zero-order valence-electron chi connectivity index (χ0n) is 16.5. The van der Waals surface area contributed by atoms with Crippen molar-refractivity contribution >= 4 is 27.3 Å². The van der Waals surface area contributed by atoms with E-state index >= 15 is 0 Å². The Morgan fingerprint density at radius 3 is 2.48 bits per heavy atom. The number of nitrogens with zero attached hydrogens (tertiary/aromatic N) is 1. The quantitative estimate of drug-likeness (QED) is 0.713. The average Bonchev–Trinajstić information content (AvgIpc) is 2.73. The van der Waals surface area contributed by atoms with Gasteiger partial charge < -0.3 is 20.1 Å². The highest BCUT2D eigenvalue weighted by molar-refractivity contribution is 7.89. The average molecular weight is 420 g/mol. The van der Waals surface area contributed by atoms with Gasteiger partial charge in [0.25, 0.3) is 0 Å². The molecule has 0 atom stereocenters. The van der Waals surface area contributed by atoms with E-state index in [1.54, 1.807) is 19.2 Å². The number of morpholine rings is 1. The minimum absolute atomic E-state index is 0.0492. The van der Waals surface area contributed by atoms with Gasteiger partial charge in [0.05, 0.1) is 37.5 Å². The number of amides is 1. The minimum Gasteiger partial charge on any atom is -0.495 e. The lowest BCUT2D eigenvalue weighted by Crippen LogP contribution is -2.40. The first-order valence-electron chi connectivity index (χ1n) is 9.26. The molecule has 1 amide bonds. The fourth-order valence-corrected chi connectivity index (χ4v) is 4.39. The fraction of sp³-hybridized carbons (Fsp3) is 0.350. The Morgan fingerprint density at radius 1 is 1.14 bits per heavy atom. The normalized spacial score (nSPS) is 15.0. The van der Waals surface area contributed by atoms with Gasteiger partial charge in [-0.05, 0) is 48.9 Å². The number of carbonyl (C=O) groups excluding carboxylic acids is 1. The van der Waals surface area contributed by atoms with Crippen molar-refractivity contribution in [3.05, 3.63) is 48.0 Å². The van der Waals surface area contributed by atoms with Gasteiger partial charge in [-0.2, -0.15) is 4.31 Å². The molecule has 1 aliphatic rings. The number of sulfonamides is 1. The van der Waals surface area contributed by atoms with Gasteiger partial charge in [-0.25, -0.2) is 8.42 Å². The second-order valence-electron chi connectivity index (χ2n) is 6.65. The Hall–Kier alpha value is -2.62. The van der Waals surface area contributed by atoms with Crippen LogP contribution in [0.1, 0.15) is 5.56 Å². The fourth-order valence-electron chi connectivity index (χ4n) is 2.99.